The van der Waals surface area contributed by atoms with Crippen LogP contribution in [0.15, 0.2) is 60.8 Å². The van der Waals surface area contributed by atoms with Gasteiger partial charge in [-0.25, -0.2) is 4.79 Å². The van der Waals surface area contributed by atoms with Gasteiger partial charge in [-0.1, -0.05) is 62.2 Å². The predicted molar refractivity (Wildman–Crippen MR) is 119 cm³/mol. The van der Waals surface area contributed by atoms with E-state index in [9.17, 15) is 18.0 Å². The molecule has 0 bridgehead atoms. The van der Waals surface area contributed by atoms with Crippen LogP contribution in [0.25, 0.3) is 11.3 Å². The van der Waals surface area contributed by atoms with Crippen LogP contribution in [0.4, 0.5) is 18.0 Å². The van der Waals surface area contributed by atoms with E-state index in [4.69, 9.17) is 0 Å². The maximum absolute atomic E-state index is 13.2. The number of hydrogen-bond donors (Lipinski definition) is 0. The molecular formula is C24H27F3N4O2. The van der Waals surface area contributed by atoms with Crippen molar-refractivity contribution < 1.29 is 22.7 Å². The summed E-state index contributed by atoms with van der Waals surface area (Å²) in [5, 5.41) is 8.01. The van der Waals surface area contributed by atoms with Crippen LogP contribution in [-0.4, -0.2) is 45.4 Å². The molecule has 3 rings (SSSR count). The van der Waals surface area contributed by atoms with Crippen molar-refractivity contribution in [1.29, 1.82) is 0 Å². The van der Waals surface area contributed by atoms with Gasteiger partial charge < -0.3 is 9.64 Å². The first kappa shape index (κ1) is 24.3. The zero-order chi connectivity index (χ0) is 23.8. The zero-order valence-corrected chi connectivity index (χ0v) is 18.6. The van der Waals surface area contributed by atoms with E-state index >= 15 is 0 Å². The number of rotatable bonds is 9. The molecule has 0 unspecified atom stereocenters. The lowest BCUT2D eigenvalue weighted by Gasteiger charge is -2.26. The number of carbonyl (C=O) groups excluding carboxylic acids is 1. The van der Waals surface area contributed by atoms with Crippen LogP contribution >= 0.6 is 0 Å². The molecule has 0 saturated heterocycles. The quantitative estimate of drug-likeness (QED) is 0.405. The molecular weight excluding hydrogens is 433 g/mol. The van der Waals surface area contributed by atoms with Crippen molar-refractivity contribution in [2.45, 2.75) is 39.5 Å². The topological polar surface area (TPSA) is 60.2 Å². The maximum atomic E-state index is 13.2. The van der Waals surface area contributed by atoms with Crippen LogP contribution < -0.4 is 4.74 Å². The maximum Gasteiger partial charge on any atom is 0.573 e. The lowest BCUT2D eigenvalue weighted by molar-refractivity contribution is -0.274. The first-order chi connectivity index (χ1) is 15.8. The molecule has 0 atom stereocenters. The molecule has 0 aliphatic carbocycles. The van der Waals surface area contributed by atoms with Gasteiger partial charge >= 0.3 is 12.4 Å². The van der Waals surface area contributed by atoms with E-state index in [1.807, 2.05) is 30.3 Å². The first-order valence-corrected chi connectivity index (χ1v) is 10.9. The third-order valence-electron chi connectivity index (χ3n) is 5.49. The summed E-state index contributed by atoms with van der Waals surface area (Å²) in [6, 6.07) is 14.9. The highest BCUT2D eigenvalue weighted by Crippen LogP contribution is 2.25. The van der Waals surface area contributed by atoms with Crippen molar-refractivity contribution in [3.63, 3.8) is 0 Å². The average molecular weight is 461 g/mol. The van der Waals surface area contributed by atoms with Gasteiger partial charge in [-0.05, 0) is 42.2 Å². The van der Waals surface area contributed by atoms with Gasteiger partial charge in [0.1, 0.15) is 11.4 Å². The SMILES string of the molecule is CCC(CC)CN(CCc1ccccc1)C(=O)n1cc(-c2ccc(OC(F)(F)F)cc2)nn1. The molecule has 1 amide bonds. The lowest BCUT2D eigenvalue weighted by atomic mass is 10.0. The highest BCUT2D eigenvalue weighted by molar-refractivity contribution is 5.77. The Hall–Kier alpha value is -3.36. The minimum atomic E-state index is -4.75. The van der Waals surface area contributed by atoms with Gasteiger partial charge in [0, 0.05) is 18.7 Å². The summed E-state index contributed by atoms with van der Waals surface area (Å²) in [6.45, 7) is 5.36. The monoisotopic (exact) mass is 460 g/mol. The van der Waals surface area contributed by atoms with Gasteiger partial charge in [-0.2, -0.15) is 4.68 Å². The lowest BCUT2D eigenvalue weighted by Crippen LogP contribution is -2.39. The molecule has 2 aromatic carbocycles. The Morgan fingerprint density at radius 1 is 1.06 bits per heavy atom. The fourth-order valence-electron chi connectivity index (χ4n) is 3.49. The standard InChI is InChI=1S/C24H27F3N4O2/c1-3-18(4-2)16-30(15-14-19-8-6-5-7-9-19)23(32)31-17-22(28-29-31)20-10-12-21(13-11-20)33-24(25,26)27/h5-13,17-18H,3-4,14-16H2,1-2H3. The number of aromatic nitrogens is 3. The fraction of sp³-hybridized carbons (Fsp3) is 0.375. The number of nitrogens with zero attached hydrogens (tertiary/aromatic N) is 4. The molecule has 9 heteroatoms. The number of ether oxygens (including phenoxy) is 1. The molecule has 0 radical (unpaired) electrons. The van der Waals surface area contributed by atoms with Crippen molar-refractivity contribution >= 4 is 6.03 Å². The largest absolute Gasteiger partial charge is 0.573 e. The third kappa shape index (κ3) is 7.06. The van der Waals surface area contributed by atoms with E-state index in [0.29, 0.717) is 30.3 Å². The highest BCUT2D eigenvalue weighted by Gasteiger charge is 2.31. The van der Waals surface area contributed by atoms with Gasteiger partial charge in [0.2, 0.25) is 0 Å². The summed E-state index contributed by atoms with van der Waals surface area (Å²) < 4.78 is 42.1. The van der Waals surface area contributed by atoms with Crippen molar-refractivity contribution in [3.8, 4) is 17.0 Å². The number of amides is 1. The van der Waals surface area contributed by atoms with Crippen molar-refractivity contribution in [2.24, 2.45) is 5.92 Å². The molecule has 0 aliphatic heterocycles. The number of halogens is 3. The van der Waals surface area contributed by atoms with Crippen LogP contribution in [-0.2, 0) is 6.42 Å². The number of hydrogen-bond acceptors (Lipinski definition) is 4. The van der Waals surface area contributed by atoms with Crippen molar-refractivity contribution in [3.05, 3.63) is 66.4 Å². The Kier molecular flexibility index (Phi) is 8.08. The van der Waals surface area contributed by atoms with E-state index < -0.39 is 6.36 Å². The number of alkyl halides is 3. The van der Waals surface area contributed by atoms with Crippen LogP contribution in [0.5, 0.6) is 5.75 Å². The van der Waals surface area contributed by atoms with E-state index in [-0.39, 0.29) is 11.8 Å². The molecule has 0 aliphatic rings. The molecule has 1 heterocycles. The molecule has 0 spiro atoms. The van der Waals surface area contributed by atoms with Gasteiger partial charge in [0.25, 0.3) is 0 Å². The molecule has 3 aromatic rings. The molecule has 1 aromatic heterocycles. The van der Waals surface area contributed by atoms with Gasteiger partial charge in [0.05, 0.1) is 6.20 Å². The molecule has 0 saturated carbocycles. The second kappa shape index (κ2) is 11.0. The Labute approximate surface area is 191 Å². The summed E-state index contributed by atoms with van der Waals surface area (Å²) in [4.78, 5) is 15.0. The predicted octanol–water partition coefficient (Wildman–Crippen LogP) is 5.79. The van der Waals surface area contributed by atoms with Crippen LogP contribution in [0.2, 0.25) is 0 Å². The second-order valence-corrected chi connectivity index (χ2v) is 7.77. The Morgan fingerprint density at radius 3 is 2.33 bits per heavy atom. The normalized spacial score (nSPS) is 11.6. The second-order valence-electron chi connectivity index (χ2n) is 7.77. The summed E-state index contributed by atoms with van der Waals surface area (Å²) >= 11 is 0. The molecule has 33 heavy (non-hydrogen) atoms. The van der Waals surface area contributed by atoms with E-state index in [1.54, 1.807) is 4.90 Å². The molecule has 0 fully saturated rings. The minimum Gasteiger partial charge on any atom is -0.406 e. The van der Waals surface area contributed by atoms with Crippen molar-refractivity contribution in [1.82, 2.24) is 19.9 Å². The highest BCUT2D eigenvalue weighted by atomic mass is 19.4. The Bertz CT molecular complexity index is 1020. The number of benzene rings is 2. The van der Waals surface area contributed by atoms with E-state index in [1.165, 1.54) is 35.1 Å². The fourth-order valence-corrected chi connectivity index (χ4v) is 3.49. The Balaban J connectivity index is 1.74. The van der Waals surface area contributed by atoms with Gasteiger partial charge in [-0.15, -0.1) is 18.3 Å². The molecule has 176 valence electrons. The summed E-state index contributed by atoms with van der Waals surface area (Å²) in [7, 11) is 0. The zero-order valence-electron chi connectivity index (χ0n) is 18.6. The summed E-state index contributed by atoms with van der Waals surface area (Å²) in [5.74, 6) is 0.0425. The molecule has 0 N–H and O–H groups in total. The average Bonchev–Trinajstić information content (AvgIpc) is 3.29. The third-order valence-corrected chi connectivity index (χ3v) is 5.49. The van der Waals surface area contributed by atoms with Crippen molar-refractivity contribution in [2.75, 3.05) is 13.1 Å². The van der Waals surface area contributed by atoms with Gasteiger partial charge in [0.15, 0.2) is 0 Å². The van der Waals surface area contributed by atoms with Gasteiger partial charge in [-0.3, -0.25) is 0 Å². The van der Waals surface area contributed by atoms with Crippen LogP contribution in [0.1, 0.15) is 32.3 Å². The minimum absolute atomic E-state index is 0.284. The summed E-state index contributed by atoms with van der Waals surface area (Å²) in [5.41, 5.74) is 2.05. The molecule has 6 nitrogen and oxygen atoms in total. The van der Waals surface area contributed by atoms with Crippen LogP contribution in [0, 0.1) is 5.92 Å². The summed E-state index contributed by atoms with van der Waals surface area (Å²) in [6.07, 6.45) is -0.629. The smallest absolute Gasteiger partial charge is 0.406 e. The van der Waals surface area contributed by atoms with E-state index in [0.717, 1.165) is 24.8 Å². The van der Waals surface area contributed by atoms with Crippen LogP contribution in [0.3, 0.4) is 0 Å². The van der Waals surface area contributed by atoms with E-state index in [2.05, 4.69) is 28.9 Å². The Morgan fingerprint density at radius 2 is 1.73 bits per heavy atom. The number of carbonyl (C=O) groups is 1. The first-order valence-electron chi connectivity index (χ1n) is 10.9.